The molecular formula is C25H29N5O2S. The second-order valence-electron chi connectivity index (χ2n) is 8.17. The van der Waals surface area contributed by atoms with Crippen LogP contribution in [-0.2, 0) is 11.8 Å². The minimum absolute atomic E-state index is 0.0668. The van der Waals surface area contributed by atoms with E-state index in [2.05, 4.69) is 52.0 Å². The summed E-state index contributed by atoms with van der Waals surface area (Å²) in [5.41, 5.74) is 5.97. The van der Waals surface area contributed by atoms with Gasteiger partial charge < -0.3 is 24.8 Å². The Morgan fingerprint density at radius 1 is 1.24 bits per heavy atom. The zero-order chi connectivity index (χ0) is 23.7. The maximum atomic E-state index is 11.9. The number of aromatic nitrogens is 2. The third-order valence-electron chi connectivity index (χ3n) is 6.29. The number of carbonyl (C=O) groups is 1. The van der Waals surface area contributed by atoms with Gasteiger partial charge in [0.15, 0.2) is 5.11 Å². The molecule has 4 rings (SSSR count). The maximum absolute atomic E-state index is 11.9. The van der Waals surface area contributed by atoms with Crippen LogP contribution in [0.15, 0.2) is 48.7 Å². The first-order valence-corrected chi connectivity index (χ1v) is 11.4. The van der Waals surface area contributed by atoms with E-state index in [-0.39, 0.29) is 18.0 Å². The number of ether oxygens (including phenoxy) is 1. The van der Waals surface area contributed by atoms with Crippen LogP contribution < -0.4 is 20.3 Å². The molecule has 7 nitrogen and oxygen atoms in total. The van der Waals surface area contributed by atoms with Crippen molar-refractivity contribution in [2.45, 2.75) is 39.3 Å². The summed E-state index contributed by atoms with van der Waals surface area (Å²) in [6, 6.07) is 13.6. The first kappa shape index (κ1) is 22.8. The fourth-order valence-electron chi connectivity index (χ4n) is 4.30. The molecule has 3 aromatic rings. The fraction of sp³-hybridized carbons (Fsp3) is 0.320. The number of pyridine rings is 1. The molecule has 1 saturated heterocycles. The number of rotatable bonds is 6. The molecule has 2 N–H and O–H groups in total. The van der Waals surface area contributed by atoms with Crippen molar-refractivity contribution in [3.05, 3.63) is 71.3 Å². The normalized spacial score (nSPS) is 17.7. The average Bonchev–Trinajstić information content (AvgIpc) is 3.30. The minimum atomic E-state index is -0.121. The van der Waals surface area contributed by atoms with Gasteiger partial charge in [0, 0.05) is 42.8 Å². The molecule has 2 atom stereocenters. The molecule has 8 heteroatoms. The number of hydrogen-bond donors (Lipinski definition) is 2. The van der Waals surface area contributed by atoms with Crippen LogP contribution in [0.4, 0.5) is 11.4 Å². The lowest BCUT2D eigenvalue weighted by atomic mass is 9.96. The molecule has 172 valence electrons. The van der Waals surface area contributed by atoms with Gasteiger partial charge in [-0.2, -0.15) is 0 Å². The molecule has 3 heterocycles. The third-order valence-corrected chi connectivity index (χ3v) is 6.60. The van der Waals surface area contributed by atoms with Crippen molar-refractivity contribution in [2.75, 3.05) is 17.3 Å². The number of anilines is 2. The Kier molecular flexibility index (Phi) is 6.37. The zero-order valence-electron chi connectivity index (χ0n) is 19.5. The topological polar surface area (TPSA) is 71.4 Å². The second kappa shape index (κ2) is 9.23. The van der Waals surface area contributed by atoms with Gasteiger partial charge in [-0.1, -0.05) is 13.0 Å². The molecular weight excluding hydrogens is 434 g/mol. The molecule has 0 saturated carbocycles. The highest BCUT2D eigenvalue weighted by Gasteiger charge is 2.42. The molecule has 1 aliphatic rings. The van der Waals surface area contributed by atoms with Gasteiger partial charge in [-0.3, -0.25) is 9.78 Å². The van der Waals surface area contributed by atoms with Crippen LogP contribution in [0.2, 0.25) is 0 Å². The number of thiocarbonyl (C=S) groups is 1. The largest absolute Gasteiger partial charge is 0.494 e. The molecule has 0 spiro atoms. The molecule has 1 aromatic carbocycles. The van der Waals surface area contributed by atoms with Crippen molar-refractivity contribution in [1.29, 1.82) is 0 Å². The van der Waals surface area contributed by atoms with Crippen LogP contribution in [-0.4, -0.2) is 27.7 Å². The van der Waals surface area contributed by atoms with E-state index in [4.69, 9.17) is 17.0 Å². The predicted molar refractivity (Wildman–Crippen MR) is 135 cm³/mol. The Morgan fingerprint density at radius 2 is 2.03 bits per heavy atom. The number of benzene rings is 1. The molecule has 0 aliphatic carbocycles. The molecule has 1 fully saturated rings. The van der Waals surface area contributed by atoms with Crippen LogP contribution in [0.5, 0.6) is 5.75 Å². The van der Waals surface area contributed by atoms with E-state index in [1.165, 1.54) is 17.0 Å². The summed E-state index contributed by atoms with van der Waals surface area (Å²) in [7, 11) is 3.67. The van der Waals surface area contributed by atoms with Crippen LogP contribution in [0.25, 0.3) is 0 Å². The number of hydrogen-bond acceptors (Lipinski definition) is 4. The lowest BCUT2D eigenvalue weighted by Crippen LogP contribution is -2.29. The van der Waals surface area contributed by atoms with Crippen molar-refractivity contribution < 1.29 is 9.53 Å². The summed E-state index contributed by atoms with van der Waals surface area (Å²) < 4.78 is 7.79. The van der Waals surface area contributed by atoms with E-state index >= 15 is 0 Å². The summed E-state index contributed by atoms with van der Waals surface area (Å²) in [5.74, 6) is 0.515. The van der Waals surface area contributed by atoms with Gasteiger partial charge in [-0.15, -0.1) is 0 Å². The lowest BCUT2D eigenvalue weighted by molar-refractivity contribution is -0.115. The minimum Gasteiger partial charge on any atom is -0.494 e. The van der Waals surface area contributed by atoms with Crippen molar-refractivity contribution in [3.63, 3.8) is 0 Å². The molecule has 0 radical (unpaired) electrons. The number of carbonyl (C=O) groups excluding carboxylic acids is 1. The summed E-state index contributed by atoms with van der Waals surface area (Å²) in [5, 5.41) is 7.00. The summed E-state index contributed by atoms with van der Waals surface area (Å²) in [6.45, 7) is 6.05. The molecule has 0 bridgehead atoms. The standard InChI is InChI=1S/C25H29N5O2S/c1-6-22(31)27-19-11-10-17(14-21(19)32-5)30-24(18-13-15(2)29(4)16(18)3)23(28-25(30)33)20-9-7-8-12-26-20/h7-14,23-24H,6H2,1-5H3,(H,27,31)(H,28,33)/t23-,24+/m0/s1. The van der Waals surface area contributed by atoms with Gasteiger partial charge in [-0.05, 0) is 62.0 Å². The number of aryl methyl sites for hydroxylation is 1. The fourth-order valence-corrected chi connectivity index (χ4v) is 4.65. The SMILES string of the molecule is CCC(=O)Nc1ccc(N2C(=S)N[C@@H](c3ccccn3)[C@H]2c2cc(C)n(C)c2C)cc1OC. The van der Waals surface area contributed by atoms with Gasteiger partial charge >= 0.3 is 0 Å². The second-order valence-corrected chi connectivity index (χ2v) is 8.56. The number of methoxy groups -OCH3 is 1. The molecule has 1 aliphatic heterocycles. The number of nitrogens with one attached hydrogen (secondary N) is 2. The molecule has 1 amide bonds. The highest BCUT2D eigenvalue weighted by atomic mass is 32.1. The predicted octanol–water partition coefficient (Wildman–Crippen LogP) is 4.57. The van der Waals surface area contributed by atoms with E-state index in [9.17, 15) is 4.79 Å². The Labute approximate surface area is 199 Å². The van der Waals surface area contributed by atoms with Crippen molar-refractivity contribution >= 4 is 34.6 Å². The van der Waals surface area contributed by atoms with E-state index in [1.807, 2.05) is 43.3 Å². The highest BCUT2D eigenvalue weighted by molar-refractivity contribution is 7.80. The molecule has 2 aromatic heterocycles. The van der Waals surface area contributed by atoms with Crippen molar-refractivity contribution in [3.8, 4) is 5.75 Å². The maximum Gasteiger partial charge on any atom is 0.224 e. The summed E-state index contributed by atoms with van der Waals surface area (Å²) in [4.78, 5) is 18.7. The quantitative estimate of drug-likeness (QED) is 0.522. The van der Waals surface area contributed by atoms with E-state index < -0.39 is 0 Å². The lowest BCUT2D eigenvalue weighted by Gasteiger charge is -2.28. The Bertz CT molecular complexity index is 1190. The highest BCUT2D eigenvalue weighted by Crippen LogP contribution is 2.44. The van der Waals surface area contributed by atoms with Gasteiger partial charge in [0.25, 0.3) is 0 Å². The average molecular weight is 464 g/mol. The smallest absolute Gasteiger partial charge is 0.224 e. The Morgan fingerprint density at radius 3 is 2.64 bits per heavy atom. The van der Waals surface area contributed by atoms with E-state index in [0.717, 1.165) is 11.4 Å². The van der Waals surface area contributed by atoms with Crippen LogP contribution >= 0.6 is 12.2 Å². The number of amides is 1. The van der Waals surface area contributed by atoms with Crippen LogP contribution in [0, 0.1) is 13.8 Å². The van der Waals surface area contributed by atoms with Crippen molar-refractivity contribution in [2.24, 2.45) is 7.05 Å². The first-order valence-electron chi connectivity index (χ1n) is 11.0. The third kappa shape index (κ3) is 4.18. The van der Waals surface area contributed by atoms with Gasteiger partial charge in [-0.25, -0.2) is 0 Å². The van der Waals surface area contributed by atoms with Gasteiger partial charge in [0.1, 0.15) is 5.75 Å². The molecule has 33 heavy (non-hydrogen) atoms. The van der Waals surface area contributed by atoms with Crippen molar-refractivity contribution in [1.82, 2.24) is 14.9 Å². The zero-order valence-corrected chi connectivity index (χ0v) is 20.4. The van der Waals surface area contributed by atoms with Crippen LogP contribution in [0.1, 0.15) is 48.1 Å². The molecule has 0 unspecified atom stereocenters. The van der Waals surface area contributed by atoms with E-state index in [0.29, 0.717) is 23.0 Å². The first-order chi connectivity index (χ1) is 15.8. The number of nitrogens with zero attached hydrogens (tertiary/aromatic N) is 3. The van der Waals surface area contributed by atoms with E-state index in [1.54, 1.807) is 13.3 Å². The van der Waals surface area contributed by atoms with Gasteiger partial charge in [0.05, 0.1) is 30.6 Å². The Balaban J connectivity index is 1.82. The summed E-state index contributed by atoms with van der Waals surface area (Å²) >= 11 is 5.83. The van der Waals surface area contributed by atoms with Crippen LogP contribution in [0.3, 0.4) is 0 Å². The monoisotopic (exact) mass is 463 g/mol. The Hall–Kier alpha value is -3.39. The summed E-state index contributed by atoms with van der Waals surface area (Å²) in [6.07, 6.45) is 2.20. The van der Waals surface area contributed by atoms with Gasteiger partial charge in [0.2, 0.25) is 5.91 Å².